The number of benzene rings is 1. The van der Waals surface area contributed by atoms with Crippen LogP contribution in [-0.4, -0.2) is 44.9 Å². The van der Waals surface area contributed by atoms with Crippen molar-refractivity contribution in [3.63, 3.8) is 0 Å². The van der Waals surface area contributed by atoms with Crippen molar-refractivity contribution in [3.05, 3.63) is 60.1 Å². The van der Waals surface area contributed by atoms with E-state index < -0.39 is 17.7 Å². The van der Waals surface area contributed by atoms with Gasteiger partial charge in [-0.15, -0.1) is 0 Å². The molecule has 31 heavy (non-hydrogen) atoms. The minimum atomic E-state index is -4.56. The number of halogens is 4. The first kappa shape index (κ1) is 20.8. The molecule has 4 rings (SSSR count). The molecule has 2 aromatic heterocycles. The molecule has 1 aromatic carbocycles. The second-order valence-electron chi connectivity index (χ2n) is 7.05. The van der Waals surface area contributed by atoms with Gasteiger partial charge in [0.25, 0.3) is 5.91 Å². The highest BCUT2D eigenvalue weighted by atomic mass is 19.4. The zero-order valence-electron chi connectivity index (χ0n) is 16.1. The van der Waals surface area contributed by atoms with Gasteiger partial charge in [0.1, 0.15) is 17.9 Å². The van der Waals surface area contributed by atoms with Crippen LogP contribution >= 0.6 is 0 Å². The Labute approximate surface area is 174 Å². The largest absolute Gasteiger partial charge is 0.445 e. The van der Waals surface area contributed by atoms with Crippen molar-refractivity contribution >= 4 is 11.7 Å². The van der Waals surface area contributed by atoms with Gasteiger partial charge in [0, 0.05) is 19.1 Å². The number of carbonyl (C=O) groups is 1. The van der Waals surface area contributed by atoms with Gasteiger partial charge in [-0.05, 0) is 31.0 Å². The lowest BCUT2D eigenvalue weighted by molar-refractivity contribution is -0.141. The fourth-order valence-corrected chi connectivity index (χ4v) is 3.44. The van der Waals surface area contributed by atoms with E-state index in [1.807, 2.05) is 0 Å². The van der Waals surface area contributed by atoms with Gasteiger partial charge in [-0.2, -0.15) is 13.2 Å². The van der Waals surface area contributed by atoms with E-state index in [4.69, 9.17) is 4.42 Å². The first-order valence-electron chi connectivity index (χ1n) is 9.46. The Bertz CT molecular complexity index is 1050. The van der Waals surface area contributed by atoms with Crippen molar-refractivity contribution in [1.82, 2.24) is 19.9 Å². The second kappa shape index (κ2) is 8.32. The van der Waals surface area contributed by atoms with Gasteiger partial charge in [-0.25, -0.2) is 19.3 Å². The van der Waals surface area contributed by atoms with E-state index in [2.05, 4.69) is 20.3 Å². The first-order chi connectivity index (χ1) is 14.8. The summed E-state index contributed by atoms with van der Waals surface area (Å²) in [4.78, 5) is 25.9. The highest BCUT2D eigenvalue weighted by Gasteiger charge is 2.33. The lowest BCUT2D eigenvalue weighted by Crippen LogP contribution is -2.45. The number of carbonyl (C=O) groups excluding carboxylic acids is 1. The van der Waals surface area contributed by atoms with Crippen molar-refractivity contribution < 1.29 is 26.8 Å². The number of nitrogens with zero attached hydrogens (tertiary/aromatic N) is 4. The fourth-order valence-electron chi connectivity index (χ4n) is 3.44. The molecule has 0 radical (unpaired) electrons. The van der Waals surface area contributed by atoms with E-state index in [9.17, 15) is 22.4 Å². The number of oxazole rings is 1. The van der Waals surface area contributed by atoms with Crippen LogP contribution in [0, 0.1) is 5.82 Å². The van der Waals surface area contributed by atoms with Gasteiger partial charge in [-0.3, -0.25) is 4.79 Å². The maximum atomic E-state index is 13.8. The molecule has 1 saturated heterocycles. The molecule has 0 bridgehead atoms. The number of likely N-dealkylation sites (tertiary alicyclic amines) is 1. The van der Waals surface area contributed by atoms with Gasteiger partial charge < -0.3 is 14.6 Å². The standard InChI is InChI=1S/C20H17F4N5O2/c21-12-3-4-14(15(8-12)18-25-5-7-31-18)19(30)29-6-1-2-13(11-29)28-17-10-26-16(9-27-17)20(22,23)24/h3-5,7-10,13H,1-2,6,11H2,(H,27,28)/t13-/m1/s1. The number of nitrogens with one attached hydrogen (secondary N) is 1. The number of hydrogen-bond acceptors (Lipinski definition) is 6. The van der Waals surface area contributed by atoms with Crippen molar-refractivity contribution in [3.8, 4) is 11.5 Å². The van der Waals surface area contributed by atoms with Crippen molar-refractivity contribution in [2.45, 2.75) is 25.1 Å². The molecule has 7 nitrogen and oxygen atoms in total. The Balaban J connectivity index is 1.49. The second-order valence-corrected chi connectivity index (χ2v) is 7.05. The highest BCUT2D eigenvalue weighted by molar-refractivity contribution is 6.00. The van der Waals surface area contributed by atoms with Gasteiger partial charge in [0.2, 0.25) is 5.89 Å². The van der Waals surface area contributed by atoms with Crippen LogP contribution in [0.3, 0.4) is 0 Å². The van der Waals surface area contributed by atoms with Gasteiger partial charge in [-0.1, -0.05) is 0 Å². The van der Waals surface area contributed by atoms with Crippen LogP contribution in [0.15, 0.2) is 47.5 Å². The molecule has 0 unspecified atom stereocenters. The van der Waals surface area contributed by atoms with Crippen LogP contribution in [-0.2, 0) is 6.18 Å². The Kier molecular flexibility index (Phi) is 5.57. The van der Waals surface area contributed by atoms with E-state index in [0.717, 1.165) is 6.20 Å². The molecule has 162 valence electrons. The lowest BCUT2D eigenvalue weighted by Gasteiger charge is -2.33. The number of amides is 1. The first-order valence-corrected chi connectivity index (χ1v) is 9.46. The molecule has 1 aliphatic rings. The van der Waals surface area contributed by atoms with Crippen LogP contribution in [0.25, 0.3) is 11.5 Å². The fraction of sp³-hybridized carbons (Fsp3) is 0.300. The number of alkyl halides is 3. The molecule has 1 fully saturated rings. The van der Waals surface area contributed by atoms with E-state index in [1.165, 1.54) is 30.7 Å². The van der Waals surface area contributed by atoms with Crippen LogP contribution in [0.2, 0.25) is 0 Å². The normalized spacial score (nSPS) is 16.9. The molecule has 1 amide bonds. The summed E-state index contributed by atoms with van der Waals surface area (Å²) < 4.78 is 56.9. The van der Waals surface area contributed by atoms with E-state index in [1.54, 1.807) is 4.90 Å². The Morgan fingerprint density at radius 1 is 1.19 bits per heavy atom. The summed E-state index contributed by atoms with van der Waals surface area (Å²) in [6, 6.07) is 3.54. The van der Waals surface area contributed by atoms with Crippen LogP contribution < -0.4 is 5.32 Å². The molecule has 3 heterocycles. The monoisotopic (exact) mass is 435 g/mol. The minimum Gasteiger partial charge on any atom is -0.445 e. The average molecular weight is 435 g/mol. The molecular formula is C20H17F4N5O2. The molecule has 1 aliphatic heterocycles. The number of anilines is 1. The number of hydrogen-bond donors (Lipinski definition) is 1. The summed E-state index contributed by atoms with van der Waals surface area (Å²) in [5.74, 6) is -0.522. The Morgan fingerprint density at radius 2 is 2.03 bits per heavy atom. The average Bonchev–Trinajstić information content (AvgIpc) is 3.28. The summed E-state index contributed by atoms with van der Waals surface area (Å²) in [7, 11) is 0. The quantitative estimate of drug-likeness (QED) is 0.624. The third-order valence-electron chi connectivity index (χ3n) is 4.88. The van der Waals surface area contributed by atoms with Crippen LogP contribution in [0.5, 0.6) is 0 Å². The van der Waals surface area contributed by atoms with Gasteiger partial charge in [0.15, 0.2) is 5.69 Å². The topological polar surface area (TPSA) is 84.2 Å². The molecule has 1 N–H and O–H groups in total. The Morgan fingerprint density at radius 3 is 2.71 bits per heavy atom. The van der Waals surface area contributed by atoms with Crippen LogP contribution in [0.1, 0.15) is 28.9 Å². The summed E-state index contributed by atoms with van der Waals surface area (Å²) in [5, 5.41) is 3.02. The number of rotatable bonds is 4. The van der Waals surface area contributed by atoms with Crippen molar-refractivity contribution in [2.24, 2.45) is 0 Å². The SMILES string of the molecule is O=C(c1ccc(F)cc1-c1ncco1)N1CCC[C@@H](Nc2cnc(C(F)(F)F)cn2)C1. The van der Waals surface area contributed by atoms with E-state index in [0.29, 0.717) is 32.1 Å². The minimum absolute atomic E-state index is 0.134. The predicted octanol–water partition coefficient (Wildman–Crippen LogP) is 4.01. The molecule has 0 spiro atoms. The maximum absolute atomic E-state index is 13.8. The van der Waals surface area contributed by atoms with Crippen molar-refractivity contribution in [1.29, 1.82) is 0 Å². The predicted molar refractivity (Wildman–Crippen MR) is 101 cm³/mol. The highest BCUT2D eigenvalue weighted by Crippen LogP contribution is 2.28. The molecule has 0 aliphatic carbocycles. The smallest absolute Gasteiger partial charge is 0.434 e. The number of aromatic nitrogens is 3. The number of piperidine rings is 1. The maximum Gasteiger partial charge on any atom is 0.434 e. The zero-order valence-corrected chi connectivity index (χ0v) is 16.1. The molecule has 1 atom stereocenters. The third kappa shape index (κ3) is 4.65. The Hall–Kier alpha value is -3.50. The zero-order chi connectivity index (χ0) is 22.0. The summed E-state index contributed by atoms with van der Waals surface area (Å²) in [6.07, 6.45) is 1.23. The van der Waals surface area contributed by atoms with Crippen LogP contribution in [0.4, 0.5) is 23.4 Å². The summed E-state index contributed by atoms with van der Waals surface area (Å²) >= 11 is 0. The van der Waals surface area contributed by atoms with Crippen molar-refractivity contribution in [2.75, 3.05) is 18.4 Å². The van der Waals surface area contributed by atoms with Gasteiger partial charge in [0.05, 0.1) is 29.7 Å². The van der Waals surface area contributed by atoms with E-state index in [-0.39, 0.29) is 34.8 Å². The molecule has 0 saturated carbocycles. The van der Waals surface area contributed by atoms with Gasteiger partial charge >= 0.3 is 6.18 Å². The molecular weight excluding hydrogens is 418 g/mol. The molecule has 3 aromatic rings. The lowest BCUT2D eigenvalue weighted by atomic mass is 10.0. The summed E-state index contributed by atoms with van der Waals surface area (Å²) in [5.41, 5.74) is -0.577. The molecule has 11 heteroatoms. The third-order valence-corrected chi connectivity index (χ3v) is 4.88. The van der Waals surface area contributed by atoms with E-state index >= 15 is 0 Å². The summed E-state index contributed by atoms with van der Waals surface area (Å²) in [6.45, 7) is 0.780.